The molecule has 0 aliphatic carbocycles. The number of carboxylic acid groups (broad SMARTS) is 1. The number of nitrogens with one attached hydrogen (secondary N) is 2. The van der Waals surface area contributed by atoms with Crippen LogP contribution in [0.2, 0.25) is 0 Å². The van der Waals surface area contributed by atoms with E-state index in [1.54, 1.807) is 24.3 Å². The summed E-state index contributed by atoms with van der Waals surface area (Å²) in [6.07, 6.45) is -4.67. The maximum absolute atomic E-state index is 12.9. The first-order valence-corrected chi connectivity index (χ1v) is 7.43. The van der Waals surface area contributed by atoms with Crippen molar-refractivity contribution in [1.29, 1.82) is 0 Å². The third kappa shape index (κ3) is 5.37. The number of anilines is 2. The van der Waals surface area contributed by atoms with E-state index in [1.165, 1.54) is 0 Å². The van der Waals surface area contributed by atoms with E-state index in [-0.39, 0.29) is 12.4 Å². The van der Waals surface area contributed by atoms with E-state index in [9.17, 15) is 18.0 Å². The van der Waals surface area contributed by atoms with Gasteiger partial charge in [0.05, 0.1) is 0 Å². The Labute approximate surface area is 143 Å². The van der Waals surface area contributed by atoms with Crippen molar-refractivity contribution in [3.8, 4) is 0 Å². The Morgan fingerprint density at radius 1 is 1.17 bits per heavy atom. The van der Waals surface area contributed by atoms with Crippen LogP contribution in [0.1, 0.15) is 11.3 Å². The van der Waals surface area contributed by atoms with E-state index in [4.69, 9.17) is 5.11 Å². The molecule has 6 nitrogen and oxygen atoms in total. The minimum Gasteiger partial charge on any atom is -0.480 e. The molecule has 2 aromatic rings. The molecule has 0 amide bonds. The zero-order chi connectivity index (χ0) is 17.7. The predicted molar refractivity (Wildman–Crippen MR) is 84.6 cm³/mol. The number of aromatic nitrogens is 2. The summed E-state index contributed by atoms with van der Waals surface area (Å²) in [4.78, 5) is 17.6. The standard InChI is InChI=1S/C14H12BrF3N4O2/c15-9-3-1-8(2-4-9)6-19-11-5-10(14(16,17)18)21-13(22-11)20-7-12(23)24/h1-5H,6-7H2,(H,23,24)(H2,19,20,21,22). The number of nitrogens with zero attached hydrogens (tertiary/aromatic N) is 2. The van der Waals surface area contributed by atoms with Gasteiger partial charge >= 0.3 is 12.1 Å². The number of hydrogen-bond acceptors (Lipinski definition) is 5. The van der Waals surface area contributed by atoms with Gasteiger partial charge in [-0.25, -0.2) is 4.98 Å². The first kappa shape index (κ1) is 18.0. The molecule has 0 radical (unpaired) electrons. The average molecular weight is 405 g/mol. The molecule has 2 rings (SSSR count). The fourth-order valence-electron chi connectivity index (χ4n) is 1.71. The van der Waals surface area contributed by atoms with Crippen LogP contribution in [0.3, 0.4) is 0 Å². The first-order valence-electron chi connectivity index (χ1n) is 6.64. The summed E-state index contributed by atoms with van der Waals surface area (Å²) in [5.74, 6) is -1.71. The lowest BCUT2D eigenvalue weighted by molar-refractivity contribution is -0.141. The molecule has 0 fully saturated rings. The minimum absolute atomic E-state index is 0.0619. The molecule has 1 aromatic heterocycles. The van der Waals surface area contributed by atoms with Gasteiger partial charge in [0.2, 0.25) is 5.95 Å². The van der Waals surface area contributed by atoms with Crippen molar-refractivity contribution in [2.75, 3.05) is 17.2 Å². The van der Waals surface area contributed by atoms with Gasteiger partial charge in [0.15, 0.2) is 5.69 Å². The Morgan fingerprint density at radius 2 is 1.83 bits per heavy atom. The van der Waals surface area contributed by atoms with Crippen LogP contribution in [0, 0.1) is 0 Å². The van der Waals surface area contributed by atoms with Crippen LogP contribution >= 0.6 is 15.9 Å². The van der Waals surface area contributed by atoms with Crippen molar-refractivity contribution in [3.05, 3.63) is 46.1 Å². The normalized spacial score (nSPS) is 11.2. The van der Waals surface area contributed by atoms with E-state index in [2.05, 4.69) is 36.5 Å². The van der Waals surface area contributed by atoms with Crippen molar-refractivity contribution >= 4 is 33.7 Å². The highest BCUT2D eigenvalue weighted by molar-refractivity contribution is 9.10. The quantitative estimate of drug-likeness (QED) is 0.684. The molecular weight excluding hydrogens is 393 g/mol. The molecule has 1 heterocycles. The van der Waals surface area contributed by atoms with E-state index in [1.807, 2.05) is 0 Å². The summed E-state index contributed by atoms with van der Waals surface area (Å²) in [6, 6.07) is 7.97. The molecule has 3 N–H and O–H groups in total. The molecule has 0 atom stereocenters. The number of carbonyl (C=O) groups is 1. The lowest BCUT2D eigenvalue weighted by Gasteiger charge is -2.12. The predicted octanol–water partition coefficient (Wildman–Crippen LogP) is 3.37. The number of alkyl halides is 3. The second-order valence-corrected chi connectivity index (χ2v) is 5.60. The summed E-state index contributed by atoms with van der Waals surface area (Å²) in [6.45, 7) is -0.340. The highest BCUT2D eigenvalue weighted by Crippen LogP contribution is 2.29. The van der Waals surface area contributed by atoms with Crippen molar-refractivity contribution in [1.82, 2.24) is 9.97 Å². The topological polar surface area (TPSA) is 87.1 Å². The van der Waals surface area contributed by atoms with E-state index >= 15 is 0 Å². The van der Waals surface area contributed by atoms with Crippen LogP contribution in [0.5, 0.6) is 0 Å². The molecule has 10 heteroatoms. The summed E-state index contributed by atoms with van der Waals surface area (Å²) in [5.41, 5.74) is -0.325. The summed E-state index contributed by atoms with van der Waals surface area (Å²) < 4.78 is 39.5. The van der Waals surface area contributed by atoms with Gasteiger partial charge in [0, 0.05) is 17.1 Å². The Morgan fingerprint density at radius 3 is 2.42 bits per heavy atom. The third-order valence-electron chi connectivity index (χ3n) is 2.80. The van der Waals surface area contributed by atoms with Crippen LogP contribution in [-0.2, 0) is 17.5 Å². The molecule has 0 spiro atoms. The fraction of sp³-hybridized carbons (Fsp3) is 0.214. The number of carboxylic acids is 1. The average Bonchev–Trinajstić information content (AvgIpc) is 2.51. The van der Waals surface area contributed by atoms with Crippen LogP contribution in [0.4, 0.5) is 24.9 Å². The van der Waals surface area contributed by atoms with Gasteiger partial charge in [-0.2, -0.15) is 18.2 Å². The van der Waals surface area contributed by atoms with Crippen LogP contribution in [0.25, 0.3) is 0 Å². The maximum atomic E-state index is 12.9. The number of hydrogen-bond donors (Lipinski definition) is 3. The zero-order valence-corrected chi connectivity index (χ0v) is 13.6. The van der Waals surface area contributed by atoms with Gasteiger partial charge in [0.25, 0.3) is 0 Å². The third-order valence-corrected chi connectivity index (χ3v) is 3.33. The molecule has 0 aliphatic rings. The highest BCUT2D eigenvalue weighted by Gasteiger charge is 2.33. The van der Waals surface area contributed by atoms with Gasteiger partial charge < -0.3 is 15.7 Å². The molecule has 1 aromatic carbocycles. The minimum atomic E-state index is -4.67. The molecule has 0 saturated heterocycles. The molecule has 0 unspecified atom stereocenters. The summed E-state index contributed by atoms with van der Waals surface area (Å²) in [7, 11) is 0. The molecule has 0 bridgehead atoms. The zero-order valence-electron chi connectivity index (χ0n) is 12.1. The Kier molecular flexibility index (Phi) is 5.60. The van der Waals surface area contributed by atoms with Gasteiger partial charge in [-0.1, -0.05) is 28.1 Å². The number of halogens is 4. The monoisotopic (exact) mass is 404 g/mol. The van der Waals surface area contributed by atoms with Crippen LogP contribution in [0.15, 0.2) is 34.8 Å². The van der Waals surface area contributed by atoms with Crippen molar-refractivity contribution in [2.45, 2.75) is 12.7 Å². The van der Waals surface area contributed by atoms with Gasteiger partial charge in [-0.15, -0.1) is 0 Å². The second-order valence-electron chi connectivity index (χ2n) is 4.69. The Hall–Kier alpha value is -2.36. The lowest BCUT2D eigenvalue weighted by Crippen LogP contribution is -2.18. The number of rotatable bonds is 6. The van der Waals surface area contributed by atoms with Crippen LogP contribution < -0.4 is 10.6 Å². The fourth-order valence-corrected chi connectivity index (χ4v) is 1.98. The van der Waals surface area contributed by atoms with Crippen molar-refractivity contribution in [3.63, 3.8) is 0 Å². The molecule has 24 heavy (non-hydrogen) atoms. The number of benzene rings is 1. The number of aliphatic carboxylic acids is 1. The van der Waals surface area contributed by atoms with Crippen molar-refractivity contribution < 1.29 is 23.1 Å². The summed E-state index contributed by atoms with van der Waals surface area (Å²) >= 11 is 3.29. The Balaban J connectivity index is 2.18. The molecule has 0 aliphatic heterocycles. The van der Waals surface area contributed by atoms with E-state index in [0.29, 0.717) is 0 Å². The molecule has 0 saturated carbocycles. The molecule has 128 valence electrons. The van der Waals surface area contributed by atoms with Gasteiger partial charge in [0.1, 0.15) is 12.4 Å². The SMILES string of the molecule is O=C(O)CNc1nc(NCc2ccc(Br)cc2)cc(C(F)(F)F)n1. The second kappa shape index (κ2) is 7.47. The van der Waals surface area contributed by atoms with E-state index in [0.717, 1.165) is 16.1 Å². The smallest absolute Gasteiger partial charge is 0.433 e. The van der Waals surface area contributed by atoms with E-state index < -0.39 is 30.3 Å². The highest BCUT2D eigenvalue weighted by atomic mass is 79.9. The largest absolute Gasteiger partial charge is 0.480 e. The van der Waals surface area contributed by atoms with Crippen molar-refractivity contribution in [2.24, 2.45) is 0 Å². The maximum Gasteiger partial charge on any atom is 0.433 e. The summed E-state index contributed by atoms with van der Waals surface area (Å²) in [5, 5.41) is 13.6. The van der Waals surface area contributed by atoms with Gasteiger partial charge in [-0.3, -0.25) is 4.79 Å². The Bertz CT molecular complexity index is 723. The lowest BCUT2D eigenvalue weighted by atomic mass is 10.2. The van der Waals surface area contributed by atoms with Gasteiger partial charge in [-0.05, 0) is 17.7 Å². The molecular formula is C14H12BrF3N4O2. The van der Waals surface area contributed by atoms with Crippen LogP contribution in [-0.4, -0.2) is 27.6 Å². The first-order chi connectivity index (χ1) is 11.2.